The molecule has 5 rings (SSSR count). The fourth-order valence-corrected chi connectivity index (χ4v) is 6.80. The molecule has 0 saturated heterocycles. The zero-order valence-electron chi connectivity index (χ0n) is 26.4. The number of halogens is 3. The van der Waals surface area contributed by atoms with E-state index in [1.165, 1.54) is 19.2 Å². The van der Waals surface area contributed by atoms with Crippen LogP contribution in [0.1, 0.15) is 48.1 Å². The van der Waals surface area contributed by atoms with Gasteiger partial charge in [0.1, 0.15) is 12.4 Å². The van der Waals surface area contributed by atoms with Gasteiger partial charge in [-0.2, -0.15) is 18.2 Å². The van der Waals surface area contributed by atoms with E-state index < -0.39 is 21.8 Å². The molecular weight excluding hydrogens is 617 g/mol. The number of ether oxygens (including phenoxy) is 2. The Labute approximate surface area is 267 Å². The summed E-state index contributed by atoms with van der Waals surface area (Å²) in [5.74, 6) is 0.00429. The molecule has 1 N–H and O–H groups in total. The Balaban J connectivity index is 1.63. The SMILES string of the molecule is COc1ccc(CN2Cc3cccc(c3)S(=O)(=O)Nc3nc(cc(-c4c(C)cccc4C)n3)OC[C@H]2CC(C)C)cc1C(F)(F)F. The van der Waals surface area contributed by atoms with Crippen LogP contribution >= 0.6 is 0 Å². The van der Waals surface area contributed by atoms with E-state index in [4.69, 9.17) is 9.47 Å². The largest absolute Gasteiger partial charge is 0.496 e. The number of methoxy groups -OCH3 is 1. The van der Waals surface area contributed by atoms with Crippen molar-refractivity contribution in [3.05, 3.63) is 94.5 Å². The normalized spacial score (nSPS) is 16.8. The van der Waals surface area contributed by atoms with Gasteiger partial charge in [0.25, 0.3) is 10.0 Å². The van der Waals surface area contributed by atoms with Gasteiger partial charge in [-0.1, -0.05) is 50.2 Å². The monoisotopic (exact) mass is 654 g/mol. The quantitative estimate of drug-likeness (QED) is 0.232. The Morgan fingerprint density at radius 1 is 1.02 bits per heavy atom. The molecular formula is C34H37F3N4O4S. The van der Waals surface area contributed by atoms with Crippen LogP contribution in [-0.2, 0) is 29.3 Å². The number of benzene rings is 3. The molecule has 0 fully saturated rings. The van der Waals surface area contributed by atoms with Gasteiger partial charge in [0.05, 0.1) is 23.3 Å². The van der Waals surface area contributed by atoms with E-state index in [-0.39, 0.29) is 54.1 Å². The average Bonchev–Trinajstić information content (AvgIpc) is 2.98. The molecule has 0 radical (unpaired) electrons. The maximum Gasteiger partial charge on any atom is 0.419 e. The maximum absolute atomic E-state index is 13.9. The summed E-state index contributed by atoms with van der Waals surface area (Å²) in [5.41, 5.74) is 3.47. The molecule has 12 heteroatoms. The molecule has 0 saturated carbocycles. The molecule has 1 aliphatic rings. The molecule has 46 heavy (non-hydrogen) atoms. The molecule has 2 heterocycles. The number of hydrogen-bond acceptors (Lipinski definition) is 7. The predicted molar refractivity (Wildman–Crippen MR) is 170 cm³/mol. The maximum atomic E-state index is 13.9. The van der Waals surface area contributed by atoms with E-state index in [1.54, 1.807) is 30.3 Å². The Kier molecular flexibility index (Phi) is 9.59. The number of nitrogens with one attached hydrogen (secondary N) is 1. The Morgan fingerprint density at radius 2 is 1.74 bits per heavy atom. The summed E-state index contributed by atoms with van der Waals surface area (Å²) in [5, 5.41) is 0. The number of nitrogens with zero attached hydrogens (tertiary/aromatic N) is 3. The van der Waals surface area contributed by atoms with Crippen molar-refractivity contribution in [1.82, 2.24) is 14.9 Å². The minimum absolute atomic E-state index is 0.0111. The summed E-state index contributed by atoms with van der Waals surface area (Å²) in [6.45, 7) is 8.57. The molecule has 1 atom stereocenters. The molecule has 1 aliphatic heterocycles. The van der Waals surface area contributed by atoms with Crippen molar-refractivity contribution in [1.29, 1.82) is 0 Å². The molecule has 8 nitrogen and oxygen atoms in total. The summed E-state index contributed by atoms with van der Waals surface area (Å²) in [7, 11) is -2.90. The molecule has 4 aromatic rings. The number of hydrogen-bond donors (Lipinski definition) is 1. The van der Waals surface area contributed by atoms with Gasteiger partial charge in [0.15, 0.2) is 0 Å². The first-order valence-corrected chi connectivity index (χ1v) is 16.4. The average molecular weight is 655 g/mol. The van der Waals surface area contributed by atoms with Crippen LogP contribution in [0.2, 0.25) is 0 Å². The van der Waals surface area contributed by atoms with E-state index in [2.05, 4.69) is 28.5 Å². The van der Waals surface area contributed by atoms with Gasteiger partial charge in [0.2, 0.25) is 11.8 Å². The highest BCUT2D eigenvalue weighted by Crippen LogP contribution is 2.37. The van der Waals surface area contributed by atoms with Crippen LogP contribution in [0.4, 0.5) is 19.1 Å². The van der Waals surface area contributed by atoms with Crippen molar-refractivity contribution in [2.75, 3.05) is 18.4 Å². The lowest BCUT2D eigenvalue weighted by Gasteiger charge is -2.33. The minimum atomic E-state index is -4.60. The Hall–Kier alpha value is -4.16. The molecule has 244 valence electrons. The lowest BCUT2D eigenvalue weighted by molar-refractivity contribution is -0.138. The number of rotatable bonds is 6. The van der Waals surface area contributed by atoms with Gasteiger partial charge in [-0.25, -0.2) is 18.1 Å². The summed E-state index contributed by atoms with van der Waals surface area (Å²) >= 11 is 0. The molecule has 0 amide bonds. The first kappa shape index (κ1) is 33.2. The third-order valence-electron chi connectivity index (χ3n) is 7.90. The third-order valence-corrected chi connectivity index (χ3v) is 9.22. The zero-order chi connectivity index (χ0) is 33.2. The van der Waals surface area contributed by atoms with E-state index in [0.29, 0.717) is 23.2 Å². The third kappa shape index (κ3) is 7.61. The molecule has 3 aromatic carbocycles. The fourth-order valence-electron chi connectivity index (χ4n) is 5.79. The first-order chi connectivity index (χ1) is 21.7. The number of aryl methyl sites for hydroxylation is 2. The predicted octanol–water partition coefficient (Wildman–Crippen LogP) is 7.40. The molecule has 0 spiro atoms. The number of aromatic nitrogens is 2. The lowest BCUT2D eigenvalue weighted by atomic mass is 10.00. The topological polar surface area (TPSA) is 93.7 Å². The first-order valence-electron chi connectivity index (χ1n) is 14.9. The van der Waals surface area contributed by atoms with Gasteiger partial charge < -0.3 is 9.47 Å². The number of alkyl halides is 3. The Bertz CT molecular complexity index is 1810. The summed E-state index contributed by atoms with van der Waals surface area (Å²) in [4.78, 5) is 11.0. The van der Waals surface area contributed by atoms with Crippen LogP contribution in [0.5, 0.6) is 11.6 Å². The lowest BCUT2D eigenvalue weighted by Crippen LogP contribution is -2.40. The van der Waals surface area contributed by atoms with Crippen molar-refractivity contribution in [2.24, 2.45) is 5.92 Å². The van der Waals surface area contributed by atoms with Crippen LogP contribution < -0.4 is 14.2 Å². The van der Waals surface area contributed by atoms with Crippen molar-refractivity contribution in [3.8, 4) is 22.9 Å². The molecule has 0 aliphatic carbocycles. The summed E-state index contributed by atoms with van der Waals surface area (Å²) < 4.78 is 82.7. The highest BCUT2D eigenvalue weighted by atomic mass is 32.2. The molecule has 1 aromatic heterocycles. The van der Waals surface area contributed by atoms with Crippen LogP contribution in [0.25, 0.3) is 11.3 Å². The van der Waals surface area contributed by atoms with Gasteiger partial charge in [0, 0.05) is 30.8 Å². The van der Waals surface area contributed by atoms with E-state index in [9.17, 15) is 21.6 Å². The van der Waals surface area contributed by atoms with Crippen LogP contribution in [0, 0.1) is 19.8 Å². The highest BCUT2D eigenvalue weighted by molar-refractivity contribution is 7.92. The number of fused-ring (bicyclic) bond motifs is 4. The fraction of sp³-hybridized carbons (Fsp3) is 0.353. The van der Waals surface area contributed by atoms with Crippen LogP contribution in [0.3, 0.4) is 0 Å². The number of anilines is 1. The van der Waals surface area contributed by atoms with Crippen molar-refractivity contribution < 1.29 is 31.1 Å². The van der Waals surface area contributed by atoms with Crippen molar-refractivity contribution in [2.45, 2.75) is 64.3 Å². The van der Waals surface area contributed by atoms with E-state index in [1.807, 2.05) is 36.9 Å². The second-order valence-electron chi connectivity index (χ2n) is 12.0. The highest BCUT2D eigenvalue weighted by Gasteiger charge is 2.35. The number of sulfonamides is 1. The van der Waals surface area contributed by atoms with Gasteiger partial charge >= 0.3 is 6.18 Å². The van der Waals surface area contributed by atoms with Gasteiger partial charge in [-0.05, 0) is 72.7 Å². The Morgan fingerprint density at radius 3 is 2.41 bits per heavy atom. The van der Waals surface area contributed by atoms with Crippen molar-refractivity contribution in [3.63, 3.8) is 0 Å². The zero-order valence-corrected chi connectivity index (χ0v) is 27.2. The second kappa shape index (κ2) is 13.3. The summed E-state index contributed by atoms with van der Waals surface area (Å²) in [6, 6.07) is 17.8. The standard InChI is InChI=1S/C34H37F3N4O4S/c1-21(2)14-26-20-45-31-17-29(32-22(3)8-6-9-23(32)4)38-33(39-31)40-46(42,43)27-11-7-10-24(15-27)18-41(26)19-25-12-13-30(44-5)28(16-25)34(35,36)37/h6-13,15-17,21,26H,14,18-20H2,1-5H3,(H,38,39,40)/t26-/m1/s1. The van der Waals surface area contributed by atoms with Crippen LogP contribution in [-0.4, -0.2) is 43.0 Å². The molecule has 4 bridgehead atoms. The summed E-state index contributed by atoms with van der Waals surface area (Å²) in [6.07, 6.45) is -3.95. The van der Waals surface area contributed by atoms with E-state index >= 15 is 0 Å². The smallest absolute Gasteiger partial charge is 0.419 e. The van der Waals surface area contributed by atoms with E-state index in [0.717, 1.165) is 22.8 Å². The second-order valence-corrected chi connectivity index (χ2v) is 13.6. The molecule has 0 unspecified atom stereocenters. The van der Waals surface area contributed by atoms with Gasteiger partial charge in [-0.3, -0.25) is 4.90 Å². The van der Waals surface area contributed by atoms with Gasteiger partial charge in [-0.15, -0.1) is 0 Å². The van der Waals surface area contributed by atoms with Crippen molar-refractivity contribution >= 4 is 16.0 Å². The van der Waals surface area contributed by atoms with Crippen LogP contribution in [0.15, 0.2) is 71.6 Å². The minimum Gasteiger partial charge on any atom is -0.496 e.